The van der Waals surface area contributed by atoms with Gasteiger partial charge in [-0.15, -0.1) is 0 Å². The number of carbonyl (C=O) groups excluding carboxylic acids is 1. The zero-order valence-electron chi connectivity index (χ0n) is 15.1. The Bertz CT molecular complexity index is 968. The molecule has 0 bridgehead atoms. The fourth-order valence-electron chi connectivity index (χ4n) is 3.12. The second kappa shape index (κ2) is 8.47. The van der Waals surface area contributed by atoms with Gasteiger partial charge in [0.05, 0.1) is 22.9 Å². The number of hydrogen-bond donors (Lipinski definition) is 1. The molecule has 7 nitrogen and oxygen atoms in total. The van der Waals surface area contributed by atoms with Crippen molar-refractivity contribution in [1.82, 2.24) is 15.1 Å². The van der Waals surface area contributed by atoms with Crippen LogP contribution in [-0.2, 0) is 34.0 Å². The molecular formula is C19H23N3O4S. The third-order valence-corrected chi connectivity index (χ3v) is 6.35. The summed E-state index contributed by atoms with van der Waals surface area (Å²) < 4.78 is 25.7. The molecule has 0 unspecified atom stereocenters. The van der Waals surface area contributed by atoms with Crippen LogP contribution >= 0.6 is 0 Å². The largest absolute Gasteiger partial charge is 0.354 e. The van der Waals surface area contributed by atoms with Crippen molar-refractivity contribution in [1.29, 1.82) is 0 Å². The number of aromatic nitrogens is 2. The van der Waals surface area contributed by atoms with Gasteiger partial charge in [-0.25, -0.2) is 13.1 Å². The predicted molar refractivity (Wildman–Crippen MR) is 101 cm³/mol. The van der Waals surface area contributed by atoms with Crippen LogP contribution in [0.25, 0.3) is 0 Å². The SMILES string of the molecule is O=C(CCS(=O)(=O)c1ccccc1)NCCn1nc2c(cc1=O)CCCC2. The maximum atomic E-state index is 12.2. The highest BCUT2D eigenvalue weighted by Crippen LogP contribution is 2.16. The molecule has 1 heterocycles. The molecule has 1 aliphatic carbocycles. The molecule has 8 heteroatoms. The standard InChI is InChI=1S/C19H23N3O4S/c23-18(10-13-27(25,26)16-7-2-1-3-8-16)20-11-12-22-19(24)14-15-6-4-5-9-17(15)21-22/h1-3,7-8,14H,4-6,9-13H2,(H,20,23). The molecule has 1 aromatic carbocycles. The number of nitrogens with one attached hydrogen (secondary N) is 1. The molecule has 0 radical (unpaired) electrons. The molecule has 1 N–H and O–H groups in total. The van der Waals surface area contributed by atoms with Gasteiger partial charge in [-0.2, -0.15) is 5.10 Å². The lowest BCUT2D eigenvalue weighted by Gasteiger charge is -2.16. The molecule has 1 aliphatic rings. The Morgan fingerprint density at radius 2 is 1.89 bits per heavy atom. The number of rotatable bonds is 7. The summed E-state index contributed by atoms with van der Waals surface area (Å²) in [6.07, 6.45) is 3.80. The highest BCUT2D eigenvalue weighted by atomic mass is 32.2. The monoisotopic (exact) mass is 389 g/mol. The van der Waals surface area contributed by atoms with Crippen LogP contribution in [0.3, 0.4) is 0 Å². The van der Waals surface area contributed by atoms with Crippen LogP contribution in [0.15, 0.2) is 46.1 Å². The van der Waals surface area contributed by atoms with Crippen LogP contribution in [-0.4, -0.2) is 36.4 Å². The van der Waals surface area contributed by atoms with Gasteiger partial charge in [0.15, 0.2) is 9.84 Å². The number of amides is 1. The van der Waals surface area contributed by atoms with E-state index in [9.17, 15) is 18.0 Å². The average molecular weight is 389 g/mol. The molecule has 0 aliphatic heterocycles. The van der Waals surface area contributed by atoms with E-state index in [-0.39, 0.29) is 41.6 Å². The van der Waals surface area contributed by atoms with Crippen molar-refractivity contribution in [3.63, 3.8) is 0 Å². The van der Waals surface area contributed by atoms with E-state index in [1.54, 1.807) is 24.3 Å². The highest BCUT2D eigenvalue weighted by molar-refractivity contribution is 7.91. The number of nitrogens with zero attached hydrogens (tertiary/aromatic N) is 2. The van der Waals surface area contributed by atoms with Crippen molar-refractivity contribution in [3.05, 3.63) is 58.0 Å². The highest BCUT2D eigenvalue weighted by Gasteiger charge is 2.16. The van der Waals surface area contributed by atoms with Gasteiger partial charge in [0.25, 0.3) is 5.56 Å². The Morgan fingerprint density at radius 1 is 1.15 bits per heavy atom. The fourth-order valence-corrected chi connectivity index (χ4v) is 4.39. The number of benzene rings is 1. The molecule has 0 saturated heterocycles. The van der Waals surface area contributed by atoms with Crippen LogP contribution in [0.4, 0.5) is 0 Å². The van der Waals surface area contributed by atoms with E-state index in [0.29, 0.717) is 0 Å². The van der Waals surface area contributed by atoms with Crippen molar-refractivity contribution in [2.24, 2.45) is 0 Å². The van der Waals surface area contributed by atoms with E-state index in [4.69, 9.17) is 0 Å². The topological polar surface area (TPSA) is 98.1 Å². The van der Waals surface area contributed by atoms with E-state index < -0.39 is 9.84 Å². The zero-order chi connectivity index (χ0) is 19.3. The first-order chi connectivity index (χ1) is 13.0. The van der Waals surface area contributed by atoms with Crippen LogP contribution in [0.2, 0.25) is 0 Å². The summed E-state index contributed by atoms with van der Waals surface area (Å²) in [4.78, 5) is 24.2. The first kappa shape index (κ1) is 19.3. The molecule has 1 amide bonds. The fraction of sp³-hybridized carbons (Fsp3) is 0.421. The average Bonchev–Trinajstić information content (AvgIpc) is 2.67. The van der Waals surface area contributed by atoms with Crippen molar-refractivity contribution in [2.45, 2.75) is 43.5 Å². The van der Waals surface area contributed by atoms with Gasteiger partial charge < -0.3 is 5.32 Å². The number of aryl methyl sites for hydroxylation is 2. The third kappa shape index (κ3) is 5.03. The van der Waals surface area contributed by atoms with E-state index in [2.05, 4.69) is 10.4 Å². The smallest absolute Gasteiger partial charge is 0.267 e. The lowest BCUT2D eigenvalue weighted by molar-refractivity contribution is -0.120. The van der Waals surface area contributed by atoms with Crippen LogP contribution in [0.5, 0.6) is 0 Å². The summed E-state index contributed by atoms with van der Waals surface area (Å²) in [5.74, 6) is -0.611. The first-order valence-corrected chi connectivity index (χ1v) is 10.8. The summed E-state index contributed by atoms with van der Waals surface area (Å²) in [6, 6.07) is 9.70. The van der Waals surface area contributed by atoms with Crippen molar-refractivity contribution in [2.75, 3.05) is 12.3 Å². The van der Waals surface area contributed by atoms with Gasteiger partial charge in [-0.05, 0) is 43.4 Å². The number of carbonyl (C=O) groups is 1. The molecule has 0 saturated carbocycles. The van der Waals surface area contributed by atoms with Gasteiger partial charge >= 0.3 is 0 Å². The van der Waals surface area contributed by atoms with E-state index in [1.807, 2.05) is 0 Å². The van der Waals surface area contributed by atoms with Gasteiger partial charge in [-0.1, -0.05) is 18.2 Å². The molecular weight excluding hydrogens is 366 g/mol. The van der Waals surface area contributed by atoms with Crippen LogP contribution in [0, 0.1) is 0 Å². The lowest BCUT2D eigenvalue weighted by Crippen LogP contribution is -2.33. The van der Waals surface area contributed by atoms with E-state index in [0.717, 1.165) is 36.9 Å². The van der Waals surface area contributed by atoms with Gasteiger partial charge in [0.2, 0.25) is 5.91 Å². The second-order valence-electron chi connectivity index (χ2n) is 6.62. The van der Waals surface area contributed by atoms with Crippen LogP contribution in [0.1, 0.15) is 30.5 Å². The molecule has 27 heavy (non-hydrogen) atoms. The molecule has 1 aromatic heterocycles. The van der Waals surface area contributed by atoms with Crippen LogP contribution < -0.4 is 10.9 Å². The summed E-state index contributed by atoms with van der Waals surface area (Å²) >= 11 is 0. The Balaban J connectivity index is 1.49. The number of hydrogen-bond acceptors (Lipinski definition) is 5. The van der Waals surface area contributed by atoms with Gasteiger partial charge in [0, 0.05) is 19.0 Å². The Hall–Kier alpha value is -2.48. The van der Waals surface area contributed by atoms with Gasteiger partial charge in [0.1, 0.15) is 0 Å². The minimum absolute atomic E-state index is 0.121. The lowest BCUT2D eigenvalue weighted by atomic mass is 9.97. The Morgan fingerprint density at radius 3 is 2.67 bits per heavy atom. The number of sulfone groups is 1. The normalized spacial score (nSPS) is 13.8. The number of fused-ring (bicyclic) bond motifs is 1. The van der Waals surface area contributed by atoms with Gasteiger partial charge in [-0.3, -0.25) is 9.59 Å². The minimum Gasteiger partial charge on any atom is -0.354 e. The third-order valence-electron chi connectivity index (χ3n) is 4.62. The Labute approximate surface area is 158 Å². The quantitative estimate of drug-likeness (QED) is 0.765. The second-order valence-corrected chi connectivity index (χ2v) is 8.73. The maximum Gasteiger partial charge on any atom is 0.267 e. The molecule has 0 fully saturated rings. The summed E-state index contributed by atoms with van der Waals surface area (Å²) in [7, 11) is -3.48. The van der Waals surface area contributed by atoms with Crippen molar-refractivity contribution in [3.8, 4) is 0 Å². The summed E-state index contributed by atoms with van der Waals surface area (Å²) in [6.45, 7) is 0.499. The minimum atomic E-state index is -3.48. The molecule has 144 valence electrons. The first-order valence-electron chi connectivity index (χ1n) is 9.10. The van der Waals surface area contributed by atoms with E-state index in [1.165, 1.54) is 16.8 Å². The predicted octanol–water partition coefficient (Wildman–Crippen LogP) is 1.10. The molecule has 2 aromatic rings. The van der Waals surface area contributed by atoms with Crippen molar-refractivity contribution >= 4 is 15.7 Å². The van der Waals surface area contributed by atoms with Crippen molar-refractivity contribution < 1.29 is 13.2 Å². The van der Waals surface area contributed by atoms with E-state index >= 15 is 0 Å². The summed E-state index contributed by atoms with van der Waals surface area (Å²) in [5.41, 5.74) is 1.82. The zero-order valence-corrected chi connectivity index (χ0v) is 15.9. The maximum absolute atomic E-state index is 12.2. The molecule has 3 rings (SSSR count). The molecule has 0 atom stereocenters. The molecule has 0 spiro atoms. The summed E-state index contributed by atoms with van der Waals surface area (Å²) in [5, 5.41) is 7.05. The Kier molecular flexibility index (Phi) is 6.05.